The Morgan fingerprint density at radius 1 is 0.800 bits per heavy atom. The molecule has 5 rings (SSSR count). The summed E-state index contributed by atoms with van der Waals surface area (Å²) in [6, 6.07) is 23.7. The molecule has 0 bridgehead atoms. The third-order valence-corrected chi connectivity index (χ3v) is 5.78. The van der Waals surface area contributed by atoms with Crippen molar-refractivity contribution in [2.24, 2.45) is 0 Å². The van der Waals surface area contributed by atoms with Crippen molar-refractivity contribution in [1.29, 1.82) is 0 Å². The second-order valence-electron chi connectivity index (χ2n) is 8.47. The molecular weight excluding hydrogens is 366 g/mol. The van der Waals surface area contributed by atoms with Crippen molar-refractivity contribution in [2.45, 2.75) is 33.6 Å². The molecule has 0 radical (unpaired) electrons. The van der Waals surface area contributed by atoms with Gasteiger partial charge in [0.1, 0.15) is 11.2 Å². The zero-order chi connectivity index (χ0) is 20.8. The fourth-order valence-electron chi connectivity index (χ4n) is 4.37. The molecule has 0 N–H and O–H groups in total. The van der Waals surface area contributed by atoms with Crippen molar-refractivity contribution < 1.29 is 4.42 Å². The lowest BCUT2D eigenvalue weighted by Gasteiger charge is -2.08. The molecule has 0 atom stereocenters. The molecule has 148 valence electrons. The molecule has 0 aliphatic carbocycles. The van der Waals surface area contributed by atoms with Gasteiger partial charge in [-0.05, 0) is 60.7 Å². The van der Waals surface area contributed by atoms with E-state index in [0.717, 1.165) is 27.8 Å². The molecule has 30 heavy (non-hydrogen) atoms. The number of rotatable bonds is 3. The maximum atomic E-state index is 6.42. The summed E-state index contributed by atoms with van der Waals surface area (Å²) < 4.78 is 6.42. The zero-order valence-corrected chi connectivity index (χ0v) is 17.9. The van der Waals surface area contributed by atoms with E-state index in [1.165, 1.54) is 33.2 Å². The van der Waals surface area contributed by atoms with E-state index < -0.39 is 0 Å². The van der Waals surface area contributed by atoms with Gasteiger partial charge in [-0.1, -0.05) is 67.4 Å². The molecule has 0 saturated heterocycles. The van der Waals surface area contributed by atoms with Crippen LogP contribution in [0.5, 0.6) is 0 Å². The lowest BCUT2D eigenvalue weighted by atomic mass is 9.95. The predicted octanol–water partition coefficient (Wildman–Crippen LogP) is 8.06. The number of pyridine rings is 1. The molecular formula is C28H25NO. The maximum Gasteiger partial charge on any atom is 0.144 e. The summed E-state index contributed by atoms with van der Waals surface area (Å²) in [5.74, 6) is 0.456. The first kappa shape index (κ1) is 18.6. The van der Waals surface area contributed by atoms with Gasteiger partial charge < -0.3 is 4.42 Å². The van der Waals surface area contributed by atoms with Gasteiger partial charge >= 0.3 is 0 Å². The van der Waals surface area contributed by atoms with Crippen molar-refractivity contribution in [3.63, 3.8) is 0 Å². The number of nitrogens with zero attached hydrogens (tertiary/aromatic N) is 1. The van der Waals surface area contributed by atoms with E-state index in [4.69, 9.17) is 4.42 Å². The van der Waals surface area contributed by atoms with E-state index in [1.807, 2.05) is 6.20 Å². The number of fused-ring (bicyclic) bond motifs is 3. The number of aromatic nitrogens is 1. The number of aryl methyl sites for hydroxylation is 2. The molecule has 0 amide bonds. The molecule has 0 aliphatic rings. The van der Waals surface area contributed by atoms with Crippen molar-refractivity contribution in [1.82, 2.24) is 4.98 Å². The number of para-hydroxylation sites is 1. The highest BCUT2D eigenvalue weighted by molar-refractivity contribution is 6.15. The van der Waals surface area contributed by atoms with Crippen LogP contribution >= 0.6 is 0 Å². The molecule has 5 aromatic rings. The number of hydrogen-bond donors (Lipinski definition) is 0. The van der Waals surface area contributed by atoms with Gasteiger partial charge in [0, 0.05) is 22.5 Å². The molecule has 0 spiro atoms. The average molecular weight is 392 g/mol. The number of benzene rings is 3. The Morgan fingerprint density at radius 3 is 2.30 bits per heavy atom. The molecule has 3 aromatic carbocycles. The minimum absolute atomic E-state index is 0.456. The van der Waals surface area contributed by atoms with Crippen LogP contribution in [0.1, 0.15) is 36.5 Å². The smallest absolute Gasteiger partial charge is 0.144 e. The Hall–Kier alpha value is -3.39. The Kier molecular flexibility index (Phi) is 4.43. The third kappa shape index (κ3) is 3.09. The highest BCUT2D eigenvalue weighted by Crippen LogP contribution is 2.40. The highest BCUT2D eigenvalue weighted by atomic mass is 16.3. The first-order valence-electron chi connectivity index (χ1n) is 10.5. The van der Waals surface area contributed by atoms with Crippen molar-refractivity contribution >= 4 is 21.9 Å². The van der Waals surface area contributed by atoms with Gasteiger partial charge in [0.2, 0.25) is 0 Å². The third-order valence-electron chi connectivity index (χ3n) is 5.78. The van der Waals surface area contributed by atoms with Gasteiger partial charge in [-0.3, -0.25) is 4.98 Å². The van der Waals surface area contributed by atoms with Crippen molar-refractivity contribution in [2.75, 3.05) is 0 Å². The summed E-state index contributed by atoms with van der Waals surface area (Å²) in [6.45, 7) is 8.71. The monoisotopic (exact) mass is 391 g/mol. The normalized spacial score (nSPS) is 11.6. The highest BCUT2D eigenvalue weighted by Gasteiger charge is 2.17. The SMILES string of the molecule is Cc1cc(C)cc(-c2cccc3oc4c(-c5cc(C(C)C)ccn5)cccc4c23)c1. The Balaban J connectivity index is 1.79. The topological polar surface area (TPSA) is 26.0 Å². The van der Waals surface area contributed by atoms with Crippen molar-refractivity contribution in [3.05, 3.63) is 89.6 Å². The number of hydrogen-bond acceptors (Lipinski definition) is 2. The van der Waals surface area contributed by atoms with Crippen LogP contribution in [0.2, 0.25) is 0 Å². The van der Waals surface area contributed by atoms with Crippen LogP contribution in [-0.4, -0.2) is 4.98 Å². The van der Waals surface area contributed by atoms with Gasteiger partial charge in [-0.2, -0.15) is 0 Å². The van der Waals surface area contributed by atoms with Crippen LogP contribution in [0, 0.1) is 13.8 Å². The van der Waals surface area contributed by atoms with Gasteiger partial charge in [-0.15, -0.1) is 0 Å². The minimum atomic E-state index is 0.456. The molecule has 0 saturated carbocycles. The average Bonchev–Trinajstić information content (AvgIpc) is 3.12. The maximum absolute atomic E-state index is 6.42. The fourth-order valence-corrected chi connectivity index (χ4v) is 4.37. The minimum Gasteiger partial charge on any atom is -0.455 e. The van der Waals surface area contributed by atoms with Crippen LogP contribution in [0.15, 0.2) is 77.3 Å². The first-order chi connectivity index (χ1) is 14.5. The van der Waals surface area contributed by atoms with Crippen LogP contribution in [0.4, 0.5) is 0 Å². The number of furan rings is 1. The summed E-state index contributed by atoms with van der Waals surface area (Å²) in [4.78, 5) is 4.66. The quantitative estimate of drug-likeness (QED) is 0.311. The van der Waals surface area contributed by atoms with E-state index in [2.05, 4.69) is 99.4 Å². The first-order valence-corrected chi connectivity index (χ1v) is 10.5. The second-order valence-corrected chi connectivity index (χ2v) is 8.47. The zero-order valence-electron chi connectivity index (χ0n) is 17.9. The second kappa shape index (κ2) is 7.14. The molecule has 2 heteroatoms. The van der Waals surface area contributed by atoms with E-state index in [0.29, 0.717) is 5.92 Å². The Labute approximate surface area is 177 Å². The Morgan fingerprint density at radius 2 is 1.53 bits per heavy atom. The standard InChI is InChI=1S/C28H25NO/c1-17(2)20-11-12-29-25(16-20)23-8-5-9-24-27-22(7-6-10-26(27)30-28(23)24)21-14-18(3)13-19(4)15-21/h5-17H,1-4H3. The molecule has 2 heterocycles. The van der Waals surface area contributed by atoms with Gasteiger partial charge in [0.15, 0.2) is 0 Å². The van der Waals surface area contributed by atoms with E-state index in [-0.39, 0.29) is 0 Å². The molecule has 2 nitrogen and oxygen atoms in total. The molecule has 2 aromatic heterocycles. The fraction of sp³-hybridized carbons (Fsp3) is 0.179. The van der Waals surface area contributed by atoms with Gasteiger partial charge in [0.25, 0.3) is 0 Å². The molecule has 0 fully saturated rings. The largest absolute Gasteiger partial charge is 0.455 e. The lowest BCUT2D eigenvalue weighted by Crippen LogP contribution is -1.91. The van der Waals surface area contributed by atoms with Crippen molar-refractivity contribution in [3.8, 4) is 22.4 Å². The van der Waals surface area contributed by atoms with Gasteiger partial charge in [-0.25, -0.2) is 0 Å². The van der Waals surface area contributed by atoms with Crippen LogP contribution < -0.4 is 0 Å². The molecule has 0 unspecified atom stereocenters. The summed E-state index contributed by atoms with van der Waals surface area (Å²) in [5, 5.41) is 2.30. The van der Waals surface area contributed by atoms with E-state index >= 15 is 0 Å². The summed E-state index contributed by atoms with van der Waals surface area (Å²) in [7, 11) is 0. The van der Waals surface area contributed by atoms with Crippen LogP contribution in [0.25, 0.3) is 44.3 Å². The van der Waals surface area contributed by atoms with Crippen LogP contribution in [0.3, 0.4) is 0 Å². The summed E-state index contributed by atoms with van der Waals surface area (Å²) >= 11 is 0. The van der Waals surface area contributed by atoms with Crippen LogP contribution in [-0.2, 0) is 0 Å². The predicted molar refractivity (Wildman–Crippen MR) is 126 cm³/mol. The summed E-state index contributed by atoms with van der Waals surface area (Å²) in [6.07, 6.45) is 1.90. The van der Waals surface area contributed by atoms with E-state index in [9.17, 15) is 0 Å². The van der Waals surface area contributed by atoms with Gasteiger partial charge in [0.05, 0.1) is 5.69 Å². The molecule has 0 aliphatic heterocycles. The van der Waals surface area contributed by atoms with E-state index in [1.54, 1.807) is 0 Å². The lowest BCUT2D eigenvalue weighted by molar-refractivity contribution is 0.670. The Bertz CT molecular complexity index is 1370. The summed E-state index contributed by atoms with van der Waals surface area (Å²) in [5.41, 5.74) is 10.1.